The summed E-state index contributed by atoms with van der Waals surface area (Å²) in [6.07, 6.45) is 1.45. The van der Waals surface area contributed by atoms with Gasteiger partial charge in [-0.2, -0.15) is 0 Å². The fourth-order valence-corrected chi connectivity index (χ4v) is 1.90. The van der Waals surface area contributed by atoms with E-state index in [1.54, 1.807) is 12.1 Å². The molecule has 2 aromatic rings. The van der Waals surface area contributed by atoms with E-state index in [9.17, 15) is 13.9 Å². The van der Waals surface area contributed by atoms with Crippen molar-refractivity contribution in [2.75, 3.05) is 0 Å². The van der Waals surface area contributed by atoms with Gasteiger partial charge >= 0.3 is 0 Å². The summed E-state index contributed by atoms with van der Waals surface area (Å²) in [5.41, 5.74) is 0.823. The molecule has 2 nitrogen and oxygen atoms in total. The lowest BCUT2D eigenvalue weighted by molar-refractivity contribution is 0.474. The number of phenolic OH excluding ortho intramolecular Hbond substituents is 1. The van der Waals surface area contributed by atoms with Crippen LogP contribution < -0.4 is 0 Å². The fraction of sp³-hybridized carbons (Fsp3) is 0.0714. The number of benzene rings is 2. The van der Waals surface area contributed by atoms with Gasteiger partial charge in [-0.25, -0.2) is 8.78 Å². The lowest BCUT2D eigenvalue weighted by Gasteiger charge is -2.01. The van der Waals surface area contributed by atoms with Crippen LogP contribution in [0.15, 0.2) is 45.9 Å². The number of nitrogens with zero attached hydrogens (tertiary/aromatic N) is 1. The second kappa shape index (κ2) is 5.93. The van der Waals surface area contributed by atoms with Crippen LogP contribution in [0.5, 0.6) is 5.75 Å². The predicted molar refractivity (Wildman–Crippen MR) is 73.5 cm³/mol. The zero-order valence-corrected chi connectivity index (χ0v) is 11.4. The van der Waals surface area contributed by atoms with Gasteiger partial charge in [-0.3, -0.25) is 4.99 Å². The highest BCUT2D eigenvalue weighted by molar-refractivity contribution is 9.10. The summed E-state index contributed by atoms with van der Waals surface area (Å²) in [4.78, 5) is 4.04. The zero-order chi connectivity index (χ0) is 13.8. The molecular weight excluding hydrogens is 316 g/mol. The van der Waals surface area contributed by atoms with E-state index in [4.69, 9.17) is 0 Å². The van der Waals surface area contributed by atoms with Crippen molar-refractivity contribution in [2.45, 2.75) is 6.54 Å². The Morgan fingerprint density at radius 2 is 1.95 bits per heavy atom. The number of aliphatic imine (C=N–C) groups is 1. The van der Waals surface area contributed by atoms with Crippen molar-refractivity contribution in [3.8, 4) is 5.75 Å². The van der Waals surface area contributed by atoms with Gasteiger partial charge in [-0.1, -0.05) is 22.0 Å². The summed E-state index contributed by atoms with van der Waals surface area (Å²) in [6, 6.07) is 8.28. The van der Waals surface area contributed by atoms with Crippen LogP contribution in [0.4, 0.5) is 8.78 Å². The second-order valence-corrected chi connectivity index (χ2v) is 4.82. The first-order chi connectivity index (χ1) is 9.06. The molecule has 0 unspecified atom stereocenters. The van der Waals surface area contributed by atoms with E-state index in [-0.39, 0.29) is 12.3 Å². The minimum absolute atomic E-state index is 0.0814. The van der Waals surface area contributed by atoms with Crippen molar-refractivity contribution in [3.63, 3.8) is 0 Å². The number of halogens is 3. The van der Waals surface area contributed by atoms with E-state index in [1.807, 2.05) is 0 Å². The molecule has 0 saturated heterocycles. The monoisotopic (exact) mass is 325 g/mol. The van der Waals surface area contributed by atoms with Gasteiger partial charge in [0.1, 0.15) is 17.4 Å². The van der Waals surface area contributed by atoms with Crippen LogP contribution in [0.25, 0.3) is 0 Å². The molecular formula is C14H10BrF2NO. The molecule has 0 aliphatic heterocycles. The van der Waals surface area contributed by atoms with Crippen molar-refractivity contribution in [2.24, 2.45) is 4.99 Å². The molecule has 0 spiro atoms. The third-order valence-corrected chi connectivity index (χ3v) is 2.99. The smallest absolute Gasteiger partial charge is 0.131 e. The minimum atomic E-state index is -0.629. The molecule has 5 heteroatoms. The van der Waals surface area contributed by atoms with Crippen molar-refractivity contribution in [1.82, 2.24) is 0 Å². The molecule has 2 aromatic carbocycles. The second-order valence-electron chi connectivity index (χ2n) is 3.91. The average Bonchev–Trinajstić information content (AvgIpc) is 2.36. The van der Waals surface area contributed by atoms with E-state index in [0.717, 1.165) is 10.5 Å². The van der Waals surface area contributed by atoms with Crippen molar-refractivity contribution < 1.29 is 13.9 Å². The van der Waals surface area contributed by atoms with Gasteiger partial charge in [0.25, 0.3) is 0 Å². The van der Waals surface area contributed by atoms with Crippen LogP contribution in [-0.2, 0) is 6.54 Å². The van der Waals surface area contributed by atoms with Gasteiger partial charge in [-0.15, -0.1) is 0 Å². The Bertz CT molecular complexity index is 629. The zero-order valence-electron chi connectivity index (χ0n) is 9.78. The molecule has 98 valence electrons. The van der Waals surface area contributed by atoms with Crippen LogP contribution in [-0.4, -0.2) is 11.3 Å². The maximum absolute atomic E-state index is 13.3. The fourth-order valence-electron chi connectivity index (χ4n) is 1.52. The Hall–Kier alpha value is -1.75. The molecule has 0 aliphatic rings. The highest BCUT2D eigenvalue weighted by Crippen LogP contribution is 2.20. The number of rotatable bonds is 3. The maximum Gasteiger partial charge on any atom is 0.131 e. The molecule has 0 radical (unpaired) electrons. The van der Waals surface area contributed by atoms with E-state index < -0.39 is 11.6 Å². The SMILES string of the molecule is Oc1ccc(Br)cc1C=NCc1ccc(F)cc1F. The van der Waals surface area contributed by atoms with Crippen LogP contribution in [0, 0.1) is 11.6 Å². The standard InChI is InChI=1S/C14H10BrF2NO/c15-11-2-4-14(19)10(5-11)8-18-7-9-1-3-12(16)6-13(9)17/h1-6,8,19H,7H2. The van der Waals surface area contributed by atoms with Crippen LogP contribution in [0.3, 0.4) is 0 Å². The molecule has 0 aromatic heterocycles. The van der Waals surface area contributed by atoms with E-state index in [0.29, 0.717) is 11.1 Å². The number of hydrogen-bond donors (Lipinski definition) is 1. The third-order valence-electron chi connectivity index (χ3n) is 2.50. The summed E-state index contributed by atoms with van der Waals surface area (Å²) in [5, 5.41) is 9.59. The molecule has 0 bridgehead atoms. The van der Waals surface area contributed by atoms with Crippen LogP contribution in [0.1, 0.15) is 11.1 Å². The van der Waals surface area contributed by atoms with Crippen LogP contribution >= 0.6 is 15.9 Å². The van der Waals surface area contributed by atoms with E-state index >= 15 is 0 Å². The molecule has 0 aliphatic carbocycles. The Labute approximate surface area is 117 Å². The van der Waals surface area contributed by atoms with E-state index in [2.05, 4.69) is 20.9 Å². The van der Waals surface area contributed by atoms with Crippen molar-refractivity contribution >= 4 is 22.1 Å². The molecule has 0 amide bonds. The third kappa shape index (κ3) is 3.61. The maximum atomic E-state index is 13.3. The summed E-state index contributed by atoms with van der Waals surface area (Å²) in [5.74, 6) is -1.16. The minimum Gasteiger partial charge on any atom is -0.507 e. The molecule has 2 rings (SSSR count). The van der Waals surface area contributed by atoms with Gasteiger partial charge < -0.3 is 5.11 Å². The van der Waals surface area contributed by atoms with Gasteiger partial charge in [0.2, 0.25) is 0 Å². The van der Waals surface area contributed by atoms with Crippen LogP contribution in [0.2, 0.25) is 0 Å². The first-order valence-corrected chi connectivity index (χ1v) is 6.28. The van der Waals surface area contributed by atoms with Gasteiger partial charge in [0.15, 0.2) is 0 Å². The average molecular weight is 326 g/mol. The number of phenols is 1. The molecule has 0 atom stereocenters. The van der Waals surface area contributed by atoms with Gasteiger partial charge in [0, 0.05) is 27.9 Å². The number of hydrogen-bond acceptors (Lipinski definition) is 2. The van der Waals surface area contributed by atoms with Crippen molar-refractivity contribution in [1.29, 1.82) is 0 Å². The Morgan fingerprint density at radius 1 is 1.16 bits per heavy atom. The largest absolute Gasteiger partial charge is 0.507 e. The summed E-state index contributed by atoms with van der Waals surface area (Å²) < 4.78 is 26.9. The van der Waals surface area contributed by atoms with Gasteiger partial charge in [0.05, 0.1) is 6.54 Å². The predicted octanol–water partition coefficient (Wildman–Crippen LogP) is 4.05. The highest BCUT2D eigenvalue weighted by atomic mass is 79.9. The molecule has 19 heavy (non-hydrogen) atoms. The first-order valence-electron chi connectivity index (χ1n) is 5.48. The summed E-state index contributed by atoms with van der Waals surface area (Å²) in [7, 11) is 0. The molecule has 0 fully saturated rings. The lowest BCUT2D eigenvalue weighted by Crippen LogP contribution is -1.91. The highest BCUT2D eigenvalue weighted by Gasteiger charge is 2.03. The molecule has 0 saturated carbocycles. The van der Waals surface area contributed by atoms with E-state index in [1.165, 1.54) is 24.4 Å². The molecule has 1 N–H and O–H groups in total. The normalized spacial score (nSPS) is 11.1. The Kier molecular flexibility index (Phi) is 4.27. The first kappa shape index (κ1) is 13.7. The van der Waals surface area contributed by atoms with Gasteiger partial charge in [-0.05, 0) is 24.3 Å². The topological polar surface area (TPSA) is 32.6 Å². The number of aromatic hydroxyl groups is 1. The Morgan fingerprint density at radius 3 is 2.68 bits per heavy atom. The van der Waals surface area contributed by atoms with Crippen molar-refractivity contribution in [3.05, 3.63) is 63.6 Å². The quantitative estimate of drug-likeness (QED) is 0.848. The summed E-state index contributed by atoms with van der Waals surface area (Å²) >= 11 is 3.28. The summed E-state index contributed by atoms with van der Waals surface area (Å²) in [6.45, 7) is 0.0814. The lowest BCUT2D eigenvalue weighted by atomic mass is 10.2. The molecule has 0 heterocycles. The Balaban J connectivity index is 2.13.